The Morgan fingerprint density at radius 3 is 3.04 bits per heavy atom. The summed E-state index contributed by atoms with van der Waals surface area (Å²) in [5.41, 5.74) is 8.01. The summed E-state index contributed by atoms with van der Waals surface area (Å²) in [6.07, 6.45) is 5.16. The lowest BCUT2D eigenvalue weighted by Gasteiger charge is -2.36. The summed E-state index contributed by atoms with van der Waals surface area (Å²) in [6, 6.07) is 6.61. The van der Waals surface area contributed by atoms with Gasteiger partial charge in [-0.15, -0.1) is 0 Å². The highest BCUT2D eigenvalue weighted by Crippen LogP contribution is 2.39. The molecule has 8 heteroatoms. The molecule has 0 radical (unpaired) electrons. The highest BCUT2D eigenvalue weighted by atomic mass is 16.7. The topological polar surface area (TPSA) is 80.7 Å². The van der Waals surface area contributed by atoms with Gasteiger partial charge in [0.15, 0.2) is 11.5 Å². The number of nitrogens with zero attached hydrogens (tertiary/aromatic N) is 3. The van der Waals surface area contributed by atoms with E-state index in [0.717, 1.165) is 42.4 Å². The Kier molecular flexibility index (Phi) is 4.44. The lowest BCUT2D eigenvalue weighted by molar-refractivity contribution is -0.133. The van der Waals surface area contributed by atoms with Crippen LogP contribution < -0.4 is 20.3 Å². The molecule has 0 aliphatic carbocycles. The average Bonchev–Trinajstić information content (AvgIpc) is 3.44. The van der Waals surface area contributed by atoms with Crippen molar-refractivity contribution in [2.75, 3.05) is 19.9 Å². The normalized spacial score (nSPS) is 25.8. The molecule has 0 spiro atoms. The maximum absolute atomic E-state index is 12.8. The van der Waals surface area contributed by atoms with Gasteiger partial charge in [0.05, 0.1) is 6.04 Å². The number of likely N-dealkylation sites (tertiary alicyclic amines) is 1. The molecule has 3 aliphatic heterocycles. The van der Waals surface area contributed by atoms with E-state index in [9.17, 15) is 4.79 Å². The van der Waals surface area contributed by atoms with Crippen molar-refractivity contribution in [1.29, 1.82) is 0 Å². The van der Waals surface area contributed by atoms with Crippen LogP contribution in [0.1, 0.15) is 30.3 Å². The van der Waals surface area contributed by atoms with Crippen molar-refractivity contribution in [3.8, 4) is 11.5 Å². The molecule has 4 heterocycles. The minimum Gasteiger partial charge on any atom is -0.454 e. The number of hydrogen-bond donors (Lipinski definition) is 2. The molecule has 8 nitrogen and oxygen atoms in total. The van der Waals surface area contributed by atoms with Gasteiger partial charge in [-0.25, -0.2) is 10.4 Å². The third-order valence-corrected chi connectivity index (χ3v) is 6.11. The monoisotopic (exact) mass is 383 g/mol. The van der Waals surface area contributed by atoms with Gasteiger partial charge in [-0.3, -0.25) is 10.2 Å². The molecular weight excluding hydrogens is 358 g/mol. The molecular formula is C20H25N5O3. The molecule has 28 heavy (non-hydrogen) atoms. The molecule has 1 aromatic heterocycles. The summed E-state index contributed by atoms with van der Waals surface area (Å²) >= 11 is 0. The van der Waals surface area contributed by atoms with Gasteiger partial charge in [-0.05, 0) is 31.0 Å². The Morgan fingerprint density at radius 2 is 2.18 bits per heavy atom. The summed E-state index contributed by atoms with van der Waals surface area (Å²) in [5, 5.41) is 0. The Hall–Kier alpha value is -2.58. The Balaban J connectivity index is 1.26. The SMILES string of the molecule is Cc1nccn1CCC(=O)N1CCC2NNC(c3ccc4c(c3)OCO4)C2C1. The predicted molar refractivity (Wildman–Crippen MR) is 102 cm³/mol. The molecule has 3 unspecified atom stereocenters. The molecule has 2 fully saturated rings. The molecule has 5 rings (SSSR count). The molecule has 3 aliphatic rings. The summed E-state index contributed by atoms with van der Waals surface area (Å²) in [7, 11) is 0. The summed E-state index contributed by atoms with van der Waals surface area (Å²) in [4.78, 5) is 19.0. The van der Waals surface area contributed by atoms with Gasteiger partial charge in [0, 0.05) is 50.4 Å². The molecule has 0 bridgehead atoms. The van der Waals surface area contributed by atoms with Gasteiger partial charge in [-0.1, -0.05) is 6.07 Å². The number of fused-ring (bicyclic) bond motifs is 2. The fourth-order valence-electron chi connectivity index (χ4n) is 4.48. The number of hydrazine groups is 1. The van der Waals surface area contributed by atoms with Crippen LogP contribution in [0.4, 0.5) is 0 Å². The predicted octanol–water partition coefficient (Wildman–Crippen LogP) is 1.38. The van der Waals surface area contributed by atoms with Gasteiger partial charge >= 0.3 is 0 Å². The number of amides is 1. The van der Waals surface area contributed by atoms with Crippen LogP contribution in [0.2, 0.25) is 0 Å². The number of ether oxygens (including phenoxy) is 2. The van der Waals surface area contributed by atoms with Gasteiger partial charge < -0.3 is 18.9 Å². The summed E-state index contributed by atoms with van der Waals surface area (Å²) in [6.45, 7) is 4.47. The minimum absolute atomic E-state index is 0.144. The number of nitrogens with one attached hydrogen (secondary N) is 2. The van der Waals surface area contributed by atoms with E-state index < -0.39 is 0 Å². The lowest BCUT2D eigenvalue weighted by Crippen LogP contribution is -2.48. The van der Waals surface area contributed by atoms with Crippen molar-refractivity contribution < 1.29 is 14.3 Å². The zero-order chi connectivity index (χ0) is 19.1. The zero-order valence-electron chi connectivity index (χ0n) is 15.9. The van der Waals surface area contributed by atoms with Crippen LogP contribution >= 0.6 is 0 Å². The van der Waals surface area contributed by atoms with E-state index >= 15 is 0 Å². The van der Waals surface area contributed by atoms with E-state index in [2.05, 4.69) is 21.9 Å². The summed E-state index contributed by atoms with van der Waals surface area (Å²) < 4.78 is 13.0. The van der Waals surface area contributed by atoms with Crippen LogP contribution in [0.15, 0.2) is 30.6 Å². The third-order valence-electron chi connectivity index (χ3n) is 6.11. The molecule has 0 saturated carbocycles. The Bertz CT molecular complexity index is 882. The first kappa shape index (κ1) is 17.5. The van der Waals surface area contributed by atoms with E-state index in [-0.39, 0.29) is 18.7 Å². The van der Waals surface area contributed by atoms with Crippen molar-refractivity contribution in [2.45, 2.75) is 38.4 Å². The van der Waals surface area contributed by atoms with Crippen molar-refractivity contribution >= 4 is 5.91 Å². The largest absolute Gasteiger partial charge is 0.454 e. The Morgan fingerprint density at radius 1 is 1.29 bits per heavy atom. The van der Waals surface area contributed by atoms with Crippen LogP contribution in [-0.4, -0.2) is 46.3 Å². The molecule has 1 aromatic carbocycles. The molecule has 2 aromatic rings. The number of rotatable bonds is 4. The van der Waals surface area contributed by atoms with E-state index in [4.69, 9.17) is 9.47 Å². The molecule has 1 amide bonds. The molecule has 2 saturated heterocycles. The van der Waals surface area contributed by atoms with Crippen molar-refractivity contribution in [2.24, 2.45) is 5.92 Å². The quantitative estimate of drug-likeness (QED) is 0.830. The first-order chi connectivity index (χ1) is 13.7. The fraction of sp³-hybridized carbons (Fsp3) is 0.500. The van der Waals surface area contributed by atoms with Crippen molar-refractivity contribution in [1.82, 2.24) is 25.3 Å². The van der Waals surface area contributed by atoms with Crippen LogP contribution in [0.25, 0.3) is 0 Å². The van der Waals surface area contributed by atoms with Gasteiger partial charge in [0.25, 0.3) is 0 Å². The van der Waals surface area contributed by atoms with E-state index in [0.29, 0.717) is 24.9 Å². The second kappa shape index (κ2) is 7.10. The number of imidazole rings is 1. The maximum atomic E-state index is 12.8. The first-order valence-electron chi connectivity index (χ1n) is 9.85. The number of carbonyl (C=O) groups is 1. The zero-order valence-corrected chi connectivity index (χ0v) is 15.9. The number of aryl methyl sites for hydroxylation is 2. The van der Waals surface area contributed by atoms with Crippen molar-refractivity contribution in [3.05, 3.63) is 42.0 Å². The van der Waals surface area contributed by atoms with Gasteiger partial charge in [0.1, 0.15) is 5.82 Å². The number of aromatic nitrogens is 2. The van der Waals surface area contributed by atoms with E-state index in [1.54, 1.807) is 6.20 Å². The molecule has 2 N–H and O–H groups in total. The van der Waals surface area contributed by atoms with E-state index in [1.807, 2.05) is 34.7 Å². The van der Waals surface area contributed by atoms with Crippen LogP contribution in [0.5, 0.6) is 11.5 Å². The second-order valence-corrected chi connectivity index (χ2v) is 7.70. The third kappa shape index (κ3) is 3.12. The highest BCUT2D eigenvalue weighted by Gasteiger charge is 2.41. The first-order valence-corrected chi connectivity index (χ1v) is 9.85. The lowest BCUT2D eigenvalue weighted by atomic mass is 9.85. The fourth-order valence-corrected chi connectivity index (χ4v) is 4.48. The standard InChI is InChI=1S/C20H25N5O3/c1-13-21-6-9-24(13)8-5-19(26)25-7-4-16-15(11-25)20(23-22-16)14-2-3-17-18(10-14)28-12-27-17/h2-3,6,9-10,15-16,20,22-23H,4-5,7-8,11-12H2,1H3. The van der Waals surface area contributed by atoms with E-state index in [1.165, 1.54) is 0 Å². The molecule has 3 atom stereocenters. The van der Waals surface area contributed by atoms with Gasteiger partial charge in [-0.2, -0.15) is 0 Å². The van der Waals surface area contributed by atoms with Crippen molar-refractivity contribution in [3.63, 3.8) is 0 Å². The average molecular weight is 383 g/mol. The van der Waals surface area contributed by atoms with Crippen LogP contribution in [0, 0.1) is 12.8 Å². The number of carbonyl (C=O) groups excluding carboxylic acids is 1. The number of benzene rings is 1. The maximum Gasteiger partial charge on any atom is 0.231 e. The summed E-state index contributed by atoms with van der Waals surface area (Å²) in [5.74, 6) is 3.07. The Labute approximate surface area is 163 Å². The molecule has 148 valence electrons. The second-order valence-electron chi connectivity index (χ2n) is 7.70. The van der Waals surface area contributed by atoms with Gasteiger partial charge in [0.2, 0.25) is 12.7 Å². The van der Waals surface area contributed by atoms with Crippen LogP contribution in [0.3, 0.4) is 0 Å². The number of hydrogen-bond acceptors (Lipinski definition) is 6. The highest BCUT2D eigenvalue weighted by molar-refractivity contribution is 5.76. The minimum atomic E-state index is 0.144. The number of piperidine rings is 1. The smallest absolute Gasteiger partial charge is 0.231 e. The van der Waals surface area contributed by atoms with Crippen LogP contribution in [-0.2, 0) is 11.3 Å².